The average molecular weight is 230 g/mol. The molecule has 1 saturated carbocycles. The molecule has 1 amide bonds. The van der Waals surface area contributed by atoms with Gasteiger partial charge in [0.2, 0.25) is 5.91 Å². The Morgan fingerprint density at radius 1 is 1.41 bits per heavy atom. The van der Waals surface area contributed by atoms with Crippen molar-refractivity contribution in [2.75, 3.05) is 11.9 Å². The number of carbonyl (C=O) groups excluding carboxylic acids is 1. The van der Waals surface area contributed by atoms with E-state index in [9.17, 15) is 4.79 Å². The molecule has 0 spiro atoms. The summed E-state index contributed by atoms with van der Waals surface area (Å²) >= 11 is 0. The van der Waals surface area contributed by atoms with Crippen LogP contribution in [0.2, 0.25) is 0 Å². The molecule has 90 valence electrons. The average Bonchev–Trinajstić information content (AvgIpc) is 3.10. The SMILES string of the molecule is CCc1ccc2c(c1)C(NCC1CC1)C(=O)N2. The van der Waals surface area contributed by atoms with Gasteiger partial charge in [0.15, 0.2) is 0 Å². The van der Waals surface area contributed by atoms with E-state index in [1.807, 2.05) is 6.07 Å². The van der Waals surface area contributed by atoms with Crippen molar-refractivity contribution in [3.8, 4) is 0 Å². The highest BCUT2D eigenvalue weighted by Crippen LogP contribution is 2.33. The number of amides is 1. The van der Waals surface area contributed by atoms with E-state index in [1.54, 1.807) is 0 Å². The molecule has 1 aliphatic carbocycles. The van der Waals surface area contributed by atoms with Crippen LogP contribution in [0.25, 0.3) is 0 Å². The van der Waals surface area contributed by atoms with E-state index in [1.165, 1.54) is 18.4 Å². The van der Waals surface area contributed by atoms with Crippen LogP contribution in [0.5, 0.6) is 0 Å². The minimum Gasteiger partial charge on any atom is -0.324 e. The summed E-state index contributed by atoms with van der Waals surface area (Å²) in [6.45, 7) is 3.10. The van der Waals surface area contributed by atoms with Crippen LogP contribution in [0.15, 0.2) is 18.2 Å². The standard InChI is InChI=1S/C14H18N2O/c1-2-9-5-6-12-11(7-9)13(14(17)16-12)15-8-10-3-4-10/h5-7,10,13,15H,2-4,8H2,1H3,(H,16,17). The Morgan fingerprint density at radius 2 is 2.24 bits per heavy atom. The lowest BCUT2D eigenvalue weighted by molar-refractivity contribution is -0.117. The van der Waals surface area contributed by atoms with Crippen molar-refractivity contribution < 1.29 is 4.79 Å². The van der Waals surface area contributed by atoms with Gasteiger partial charge < -0.3 is 10.6 Å². The molecule has 0 radical (unpaired) electrons. The molecule has 0 aromatic heterocycles. The summed E-state index contributed by atoms with van der Waals surface area (Å²) in [6.07, 6.45) is 3.63. The van der Waals surface area contributed by atoms with Crippen molar-refractivity contribution in [2.45, 2.75) is 32.2 Å². The smallest absolute Gasteiger partial charge is 0.246 e. The summed E-state index contributed by atoms with van der Waals surface area (Å²) in [5.74, 6) is 0.884. The first-order chi connectivity index (χ1) is 8.28. The van der Waals surface area contributed by atoms with Gasteiger partial charge in [-0.3, -0.25) is 4.79 Å². The van der Waals surface area contributed by atoms with Gasteiger partial charge in [0.05, 0.1) is 0 Å². The number of benzene rings is 1. The van der Waals surface area contributed by atoms with Crippen LogP contribution in [0, 0.1) is 5.92 Å². The lowest BCUT2D eigenvalue weighted by atomic mass is 10.0. The van der Waals surface area contributed by atoms with Crippen molar-refractivity contribution >= 4 is 11.6 Å². The molecule has 2 aliphatic rings. The Bertz CT molecular complexity index is 452. The summed E-state index contributed by atoms with van der Waals surface area (Å²) < 4.78 is 0. The van der Waals surface area contributed by atoms with Crippen LogP contribution in [0.4, 0.5) is 5.69 Å². The summed E-state index contributed by atoms with van der Waals surface area (Å²) in [4.78, 5) is 11.9. The Morgan fingerprint density at radius 3 is 2.94 bits per heavy atom. The third kappa shape index (κ3) is 2.07. The molecule has 1 aromatic carbocycles. The molecule has 1 aromatic rings. The Labute approximate surface area is 102 Å². The topological polar surface area (TPSA) is 41.1 Å². The van der Waals surface area contributed by atoms with Gasteiger partial charge in [-0.1, -0.05) is 19.1 Å². The fraction of sp³-hybridized carbons (Fsp3) is 0.500. The van der Waals surface area contributed by atoms with Gasteiger partial charge in [0.1, 0.15) is 6.04 Å². The first-order valence-corrected chi connectivity index (χ1v) is 6.45. The van der Waals surface area contributed by atoms with Gasteiger partial charge in [0, 0.05) is 11.3 Å². The molecule has 1 unspecified atom stereocenters. The number of fused-ring (bicyclic) bond motifs is 1. The normalized spacial score (nSPS) is 22.4. The minimum absolute atomic E-state index is 0.0916. The van der Waals surface area contributed by atoms with Gasteiger partial charge in [-0.25, -0.2) is 0 Å². The van der Waals surface area contributed by atoms with Crippen LogP contribution in [0.1, 0.15) is 36.9 Å². The number of aryl methyl sites for hydroxylation is 1. The van der Waals surface area contributed by atoms with Gasteiger partial charge in [-0.05, 0) is 43.4 Å². The predicted molar refractivity (Wildman–Crippen MR) is 67.9 cm³/mol. The van der Waals surface area contributed by atoms with Crippen LogP contribution >= 0.6 is 0 Å². The Balaban J connectivity index is 1.82. The summed E-state index contributed by atoms with van der Waals surface area (Å²) in [5, 5.41) is 6.33. The van der Waals surface area contributed by atoms with E-state index in [0.29, 0.717) is 0 Å². The molecule has 1 atom stereocenters. The van der Waals surface area contributed by atoms with Crippen molar-refractivity contribution in [1.82, 2.24) is 5.32 Å². The minimum atomic E-state index is -0.142. The Hall–Kier alpha value is -1.35. The molecule has 0 saturated heterocycles. The number of carbonyl (C=O) groups is 1. The predicted octanol–water partition coefficient (Wildman–Crippen LogP) is 2.24. The molecule has 3 rings (SSSR count). The number of hydrogen-bond acceptors (Lipinski definition) is 2. The fourth-order valence-corrected chi connectivity index (χ4v) is 2.34. The monoisotopic (exact) mass is 230 g/mol. The van der Waals surface area contributed by atoms with Gasteiger partial charge in [-0.2, -0.15) is 0 Å². The van der Waals surface area contributed by atoms with E-state index in [4.69, 9.17) is 0 Å². The number of nitrogens with one attached hydrogen (secondary N) is 2. The highest BCUT2D eigenvalue weighted by molar-refractivity contribution is 6.02. The summed E-state index contributed by atoms with van der Waals surface area (Å²) in [5.41, 5.74) is 3.38. The molecular formula is C14H18N2O. The molecule has 1 heterocycles. The molecule has 3 nitrogen and oxygen atoms in total. The maximum absolute atomic E-state index is 11.9. The van der Waals surface area contributed by atoms with Crippen LogP contribution < -0.4 is 10.6 Å². The van der Waals surface area contributed by atoms with Crippen molar-refractivity contribution in [3.05, 3.63) is 29.3 Å². The number of rotatable bonds is 4. The van der Waals surface area contributed by atoms with Gasteiger partial charge in [-0.15, -0.1) is 0 Å². The van der Waals surface area contributed by atoms with Crippen molar-refractivity contribution in [3.63, 3.8) is 0 Å². The summed E-state index contributed by atoms with van der Waals surface area (Å²) in [6, 6.07) is 6.11. The largest absolute Gasteiger partial charge is 0.324 e. The zero-order valence-electron chi connectivity index (χ0n) is 10.1. The quantitative estimate of drug-likeness (QED) is 0.833. The lowest BCUT2D eigenvalue weighted by Gasteiger charge is -2.11. The molecule has 1 fully saturated rings. The molecule has 3 heteroatoms. The second-order valence-corrected chi connectivity index (χ2v) is 5.05. The van der Waals surface area contributed by atoms with E-state index >= 15 is 0 Å². The van der Waals surface area contributed by atoms with E-state index in [0.717, 1.165) is 30.1 Å². The van der Waals surface area contributed by atoms with Gasteiger partial charge >= 0.3 is 0 Å². The van der Waals surface area contributed by atoms with Crippen LogP contribution in [0.3, 0.4) is 0 Å². The lowest BCUT2D eigenvalue weighted by Crippen LogP contribution is -2.29. The molecule has 0 bridgehead atoms. The maximum atomic E-state index is 11.9. The number of anilines is 1. The molecule has 2 N–H and O–H groups in total. The Kier molecular flexibility index (Phi) is 2.63. The maximum Gasteiger partial charge on any atom is 0.246 e. The fourth-order valence-electron chi connectivity index (χ4n) is 2.34. The van der Waals surface area contributed by atoms with Crippen molar-refractivity contribution in [1.29, 1.82) is 0 Å². The second kappa shape index (κ2) is 4.15. The number of hydrogen-bond donors (Lipinski definition) is 2. The zero-order valence-corrected chi connectivity index (χ0v) is 10.1. The van der Waals surface area contributed by atoms with Crippen LogP contribution in [-0.4, -0.2) is 12.5 Å². The molecule has 17 heavy (non-hydrogen) atoms. The van der Waals surface area contributed by atoms with E-state index < -0.39 is 0 Å². The first kappa shape index (κ1) is 10.8. The van der Waals surface area contributed by atoms with E-state index in [2.05, 4.69) is 29.7 Å². The third-order valence-corrected chi connectivity index (χ3v) is 3.66. The van der Waals surface area contributed by atoms with E-state index in [-0.39, 0.29) is 11.9 Å². The molecular weight excluding hydrogens is 212 g/mol. The third-order valence-electron chi connectivity index (χ3n) is 3.66. The highest BCUT2D eigenvalue weighted by atomic mass is 16.2. The van der Waals surface area contributed by atoms with Crippen molar-refractivity contribution in [2.24, 2.45) is 5.92 Å². The highest BCUT2D eigenvalue weighted by Gasteiger charge is 2.32. The second-order valence-electron chi connectivity index (χ2n) is 5.05. The zero-order chi connectivity index (χ0) is 11.8. The first-order valence-electron chi connectivity index (χ1n) is 6.45. The van der Waals surface area contributed by atoms with Crippen LogP contribution in [-0.2, 0) is 11.2 Å². The molecule has 1 aliphatic heterocycles. The van der Waals surface area contributed by atoms with Gasteiger partial charge in [0.25, 0.3) is 0 Å². The summed E-state index contributed by atoms with van der Waals surface area (Å²) in [7, 11) is 0.